The van der Waals surface area contributed by atoms with Crippen LogP contribution in [0.25, 0.3) is 0 Å². The normalized spacial score (nSPS) is 21.9. The summed E-state index contributed by atoms with van der Waals surface area (Å²) in [6, 6.07) is 6.59. The molecule has 0 aromatic heterocycles. The molecular weight excluding hydrogens is 248 g/mol. The topological polar surface area (TPSA) is 43.4 Å². The highest BCUT2D eigenvalue weighted by Gasteiger charge is 2.17. The highest BCUT2D eigenvalue weighted by molar-refractivity contribution is 8.13. The molecule has 1 aliphatic rings. The zero-order valence-electron chi connectivity index (χ0n) is 8.73. The molecule has 0 amide bonds. The second-order valence-electron chi connectivity index (χ2n) is 3.86. The fourth-order valence-electron chi connectivity index (χ4n) is 1.85. The smallest absolute Gasteiger partial charge is 0.261 e. The first-order chi connectivity index (χ1) is 7.57. The van der Waals surface area contributed by atoms with E-state index < -0.39 is 9.05 Å². The van der Waals surface area contributed by atoms with Crippen LogP contribution in [0.3, 0.4) is 0 Å². The molecular formula is C11H13ClO3S. The minimum absolute atomic E-state index is 0.0980. The van der Waals surface area contributed by atoms with E-state index in [0.717, 1.165) is 31.4 Å². The summed E-state index contributed by atoms with van der Waals surface area (Å²) in [5.74, 6) is 0. The zero-order chi connectivity index (χ0) is 11.6. The lowest BCUT2D eigenvalue weighted by atomic mass is 10.0. The number of benzene rings is 1. The van der Waals surface area contributed by atoms with Gasteiger partial charge in [0.25, 0.3) is 9.05 Å². The van der Waals surface area contributed by atoms with E-state index >= 15 is 0 Å². The van der Waals surface area contributed by atoms with Gasteiger partial charge in [-0.3, -0.25) is 0 Å². The predicted octanol–water partition coefficient (Wildman–Crippen LogP) is 2.86. The van der Waals surface area contributed by atoms with Crippen molar-refractivity contribution in [1.82, 2.24) is 0 Å². The van der Waals surface area contributed by atoms with Gasteiger partial charge in [-0.25, -0.2) is 8.42 Å². The van der Waals surface area contributed by atoms with Crippen molar-refractivity contribution >= 4 is 19.7 Å². The third kappa shape index (κ3) is 2.75. The average molecular weight is 261 g/mol. The van der Waals surface area contributed by atoms with Crippen molar-refractivity contribution in [3.05, 3.63) is 29.8 Å². The number of rotatable bonds is 2. The average Bonchev–Trinajstić information content (AvgIpc) is 2.29. The molecule has 1 fully saturated rings. The van der Waals surface area contributed by atoms with Gasteiger partial charge in [-0.15, -0.1) is 0 Å². The Bertz CT molecular complexity index is 447. The van der Waals surface area contributed by atoms with Gasteiger partial charge >= 0.3 is 0 Å². The molecule has 1 aromatic rings. The third-order valence-corrected chi connectivity index (χ3v) is 4.08. The molecule has 1 aromatic carbocycles. The van der Waals surface area contributed by atoms with Crippen molar-refractivity contribution in [2.75, 3.05) is 6.61 Å². The predicted molar refractivity (Wildman–Crippen MR) is 62.0 cm³/mol. The molecule has 0 N–H and O–H groups in total. The Kier molecular flexibility index (Phi) is 3.52. The van der Waals surface area contributed by atoms with Gasteiger partial charge in [0.05, 0.1) is 11.0 Å². The van der Waals surface area contributed by atoms with E-state index in [1.54, 1.807) is 12.1 Å². The maximum atomic E-state index is 11.1. The number of hydrogen-bond donors (Lipinski definition) is 0. The summed E-state index contributed by atoms with van der Waals surface area (Å²) in [7, 11) is 1.62. The summed E-state index contributed by atoms with van der Waals surface area (Å²) in [6.45, 7) is 0.778. The number of halogens is 1. The summed E-state index contributed by atoms with van der Waals surface area (Å²) in [5.41, 5.74) is 1.02. The molecule has 5 heteroatoms. The second-order valence-corrected chi connectivity index (χ2v) is 6.43. The van der Waals surface area contributed by atoms with Crippen LogP contribution in [0, 0.1) is 0 Å². The Morgan fingerprint density at radius 2 is 1.88 bits per heavy atom. The largest absolute Gasteiger partial charge is 0.374 e. The van der Waals surface area contributed by atoms with Crippen molar-refractivity contribution in [1.29, 1.82) is 0 Å². The molecule has 0 spiro atoms. The molecule has 0 aliphatic carbocycles. The first-order valence-electron chi connectivity index (χ1n) is 5.23. The summed E-state index contributed by atoms with van der Waals surface area (Å²) < 4.78 is 27.7. The highest BCUT2D eigenvalue weighted by atomic mass is 35.7. The van der Waals surface area contributed by atoms with E-state index in [1.807, 2.05) is 0 Å². The molecule has 16 heavy (non-hydrogen) atoms. The fourth-order valence-corrected chi connectivity index (χ4v) is 2.62. The molecule has 2 rings (SSSR count). The van der Waals surface area contributed by atoms with Gasteiger partial charge in [-0.2, -0.15) is 0 Å². The Balaban J connectivity index is 2.18. The van der Waals surface area contributed by atoms with Crippen LogP contribution in [0.2, 0.25) is 0 Å². The van der Waals surface area contributed by atoms with Gasteiger partial charge in [-0.05, 0) is 37.0 Å². The molecule has 0 unspecified atom stereocenters. The molecule has 1 atom stereocenters. The first-order valence-corrected chi connectivity index (χ1v) is 7.54. The summed E-state index contributed by atoms with van der Waals surface area (Å²) in [5, 5.41) is 0. The molecule has 1 aliphatic heterocycles. The van der Waals surface area contributed by atoms with Crippen LogP contribution in [0.5, 0.6) is 0 Å². The molecule has 0 saturated carbocycles. The van der Waals surface area contributed by atoms with Crippen molar-refractivity contribution in [3.8, 4) is 0 Å². The zero-order valence-corrected chi connectivity index (χ0v) is 10.3. The lowest BCUT2D eigenvalue weighted by Crippen LogP contribution is -2.11. The van der Waals surface area contributed by atoms with E-state index in [9.17, 15) is 8.42 Å². The van der Waals surface area contributed by atoms with E-state index in [4.69, 9.17) is 15.4 Å². The first kappa shape index (κ1) is 11.9. The second kappa shape index (κ2) is 4.73. The summed E-state index contributed by atoms with van der Waals surface area (Å²) in [6.07, 6.45) is 3.35. The van der Waals surface area contributed by atoms with Crippen LogP contribution in [0.4, 0.5) is 0 Å². The van der Waals surface area contributed by atoms with Crippen molar-refractivity contribution in [2.24, 2.45) is 0 Å². The van der Waals surface area contributed by atoms with E-state index in [2.05, 4.69) is 0 Å². The Morgan fingerprint density at radius 1 is 1.19 bits per heavy atom. The third-order valence-electron chi connectivity index (χ3n) is 2.71. The summed E-state index contributed by atoms with van der Waals surface area (Å²) >= 11 is 0. The molecule has 88 valence electrons. The van der Waals surface area contributed by atoms with Crippen LogP contribution in [-0.4, -0.2) is 15.0 Å². The lowest BCUT2D eigenvalue weighted by Gasteiger charge is -2.22. The van der Waals surface area contributed by atoms with E-state index in [1.165, 1.54) is 12.1 Å². The van der Waals surface area contributed by atoms with Crippen molar-refractivity contribution in [3.63, 3.8) is 0 Å². The van der Waals surface area contributed by atoms with Crippen molar-refractivity contribution < 1.29 is 13.2 Å². The van der Waals surface area contributed by atoms with Gasteiger partial charge in [0.2, 0.25) is 0 Å². The Morgan fingerprint density at radius 3 is 2.38 bits per heavy atom. The minimum atomic E-state index is -3.62. The molecule has 1 heterocycles. The molecule has 0 bridgehead atoms. The van der Waals surface area contributed by atoms with Crippen LogP contribution in [0.15, 0.2) is 29.2 Å². The number of hydrogen-bond acceptors (Lipinski definition) is 3. The Labute approximate surface area is 99.8 Å². The number of ether oxygens (including phenoxy) is 1. The maximum absolute atomic E-state index is 11.1. The van der Waals surface area contributed by atoms with Gasteiger partial charge < -0.3 is 4.74 Å². The van der Waals surface area contributed by atoms with Crippen LogP contribution >= 0.6 is 10.7 Å². The maximum Gasteiger partial charge on any atom is 0.261 e. The standard InChI is InChI=1S/C11H13ClO3S/c12-16(13,14)10-6-4-9(5-7-10)11-3-1-2-8-15-11/h4-7,11H,1-3,8H2/t11-/m0/s1. The minimum Gasteiger partial charge on any atom is -0.374 e. The molecule has 0 radical (unpaired) electrons. The lowest BCUT2D eigenvalue weighted by molar-refractivity contribution is 0.0149. The van der Waals surface area contributed by atoms with Crippen molar-refractivity contribution in [2.45, 2.75) is 30.3 Å². The van der Waals surface area contributed by atoms with Gasteiger partial charge in [-0.1, -0.05) is 12.1 Å². The quantitative estimate of drug-likeness (QED) is 0.768. The van der Waals surface area contributed by atoms with Gasteiger partial charge in [0.1, 0.15) is 0 Å². The molecule has 3 nitrogen and oxygen atoms in total. The van der Waals surface area contributed by atoms with E-state index in [-0.39, 0.29) is 11.0 Å². The highest BCUT2D eigenvalue weighted by Crippen LogP contribution is 2.28. The van der Waals surface area contributed by atoms with Gasteiger partial charge in [0.15, 0.2) is 0 Å². The Hall–Kier alpha value is -0.580. The fraction of sp³-hybridized carbons (Fsp3) is 0.455. The van der Waals surface area contributed by atoms with Gasteiger partial charge in [0, 0.05) is 17.3 Å². The SMILES string of the molecule is O=S(=O)(Cl)c1ccc([C@@H]2CCCCO2)cc1. The molecule has 1 saturated heterocycles. The van der Waals surface area contributed by atoms with Crippen LogP contribution in [-0.2, 0) is 13.8 Å². The summed E-state index contributed by atoms with van der Waals surface area (Å²) in [4.78, 5) is 0.133. The van der Waals surface area contributed by atoms with Crippen LogP contribution < -0.4 is 0 Å². The monoisotopic (exact) mass is 260 g/mol. The van der Waals surface area contributed by atoms with Crippen LogP contribution in [0.1, 0.15) is 30.9 Å². The van der Waals surface area contributed by atoms with E-state index in [0.29, 0.717) is 0 Å².